The van der Waals surface area contributed by atoms with Gasteiger partial charge in [-0.2, -0.15) is 4.98 Å². The van der Waals surface area contributed by atoms with E-state index in [4.69, 9.17) is 4.52 Å². The zero-order valence-electron chi connectivity index (χ0n) is 14.9. The number of amides is 3. The maximum absolute atomic E-state index is 12.8. The van der Waals surface area contributed by atoms with Gasteiger partial charge in [0.2, 0.25) is 5.89 Å². The highest BCUT2D eigenvalue weighted by atomic mass is 35.5. The minimum atomic E-state index is -0.729. The predicted molar refractivity (Wildman–Crippen MR) is 93.2 cm³/mol. The molecule has 1 aliphatic heterocycles. The number of nitrogens with zero attached hydrogens (tertiary/aromatic N) is 3. The first-order valence-electron chi connectivity index (χ1n) is 8.56. The Labute approximate surface area is 153 Å². The van der Waals surface area contributed by atoms with Crippen molar-refractivity contribution in [2.24, 2.45) is 5.92 Å². The van der Waals surface area contributed by atoms with Crippen molar-refractivity contribution in [2.45, 2.75) is 64.1 Å². The lowest BCUT2D eigenvalue weighted by Crippen LogP contribution is -2.49. The van der Waals surface area contributed by atoms with Crippen molar-refractivity contribution in [2.75, 3.05) is 7.05 Å². The van der Waals surface area contributed by atoms with E-state index in [1.165, 1.54) is 4.90 Å². The van der Waals surface area contributed by atoms with Crippen molar-refractivity contribution in [3.8, 4) is 0 Å². The highest BCUT2D eigenvalue weighted by molar-refractivity contribution is 6.06. The van der Waals surface area contributed by atoms with Crippen LogP contribution >= 0.6 is 12.4 Å². The van der Waals surface area contributed by atoms with Crippen LogP contribution in [0.2, 0.25) is 0 Å². The second kappa shape index (κ2) is 7.70. The number of likely N-dealkylation sites (N-methyl/N-ethyl adjacent to an activating group) is 1. The second-order valence-corrected chi connectivity index (χ2v) is 7.08. The summed E-state index contributed by atoms with van der Waals surface area (Å²) in [6, 6.07) is -0.141. The Balaban J connectivity index is 0.00000225. The molecule has 140 valence electrons. The fourth-order valence-corrected chi connectivity index (χ4v) is 3.36. The van der Waals surface area contributed by atoms with E-state index in [0.29, 0.717) is 31.0 Å². The molecule has 1 aliphatic carbocycles. The fourth-order valence-electron chi connectivity index (χ4n) is 3.36. The molecule has 0 radical (unpaired) electrons. The molecule has 1 aromatic rings. The van der Waals surface area contributed by atoms with E-state index in [1.54, 1.807) is 0 Å². The molecule has 1 spiro atoms. The van der Waals surface area contributed by atoms with Crippen LogP contribution in [0.25, 0.3) is 0 Å². The molecule has 1 saturated heterocycles. The minimum Gasteiger partial charge on any atom is -0.337 e. The maximum atomic E-state index is 12.8. The van der Waals surface area contributed by atoms with E-state index in [-0.39, 0.29) is 42.8 Å². The first kappa shape index (κ1) is 19.7. The van der Waals surface area contributed by atoms with Gasteiger partial charge in [0.05, 0.1) is 0 Å². The predicted octanol–water partition coefficient (Wildman–Crippen LogP) is 1.64. The summed E-state index contributed by atoms with van der Waals surface area (Å²) >= 11 is 0. The summed E-state index contributed by atoms with van der Waals surface area (Å²) in [5.74, 6) is 1.29. The average Bonchev–Trinajstić information content (AvgIpc) is 3.09. The van der Waals surface area contributed by atoms with Crippen molar-refractivity contribution in [3.63, 3.8) is 0 Å². The van der Waals surface area contributed by atoms with Gasteiger partial charge in [0.1, 0.15) is 12.1 Å². The molecule has 1 saturated carbocycles. The van der Waals surface area contributed by atoms with Crippen LogP contribution in [0, 0.1) is 5.92 Å². The number of urea groups is 1. The third-order valence-corrected chi connectivity index (χ3v) is 5.16. The summed E-state index contributed by atoms with van der Waals surface area (Å²) in [5.41, 5.74) is -0.729. The van der Waals surface area contributed by atoms with E-state index in [1.807, 2.05) is 14.0 Å². The van der Waals surface area contributed by atoms with E-state index in [0.717, 1.165) is 12.8 Å². The van der Waals surface area contributed by atoms with Crippen LogP contribution in [0.5, 0.6) is 0 Å². The first-order chi connectivity index (χ1) is 11.4. The minimum absolute atomic E-state index is 0. The van der Waals surface area contributed by atoms with Gasteiger partial charge in [-0.1, -0.05) is 12.1 Å². The van der Waals surface area contributed by atoms with Gasteiger partial charge in [0.25, 0.3) is 5.91 Å². The Kier molecular flexibility index (Phi) is 6.05. The molecule has 2 fully saturated rings. The molecule has 9 heteroatoms. The number of hydrogen-bond acceptors (Lipinski definition) is 6. The van der Waals surface area contributed by atoms with E-state index >= 15 is 0 Å². The van der Waals surface area contributed by atoms with E-state index in [2.05, 4.69) is 27.7 Å². The monoisotopic (exact) mass is 371 g/mol. The molecule has 25 heavy (non-hydrogen) atoms. The Morgan fingerprint density at radius 1 is 1.40 bits per heavy atom. The van der Waals surface area contributed by atoms with Crippen LogP contribution in [0.3, 0.4) is 0 Å². The van der Waals surface area contributed by atoms with Gasteiger partial charge in [-0.05, 0) is 45.6 Å². The average molecular weight is 372 g/mol. The van der Waals surface area contributed by atoms with Crippen LogP contribution in [0.1, 0.15) is 51.2 Å². The number of hydrogen-bond donors (Lipinski definition) is 2. The molecule has 2 aliphatic rings. The number of nitrogens with one attached hydrogen (secondary N) is 2. The summed E-state index contributed by atoms with van der Waals surface area (Å²) in [6.45, 7) is 4.22. The standard InChI is InChI=1S/C16H25N5O3.ClH/c1-10-4-6-16(7-5-10)14(22)21(15(23)19-16)9-13-18-12(20-24-13)8-11(2)17-3;/h10-11,17H,4-9H2,1-3H3,(H,19,23);1H. The SMILES string of the molecule is CNC(C)Cc1noc(CN2C(=O)NC3(CCC(C)CC3)C2=O)n1.Cl. The highest BCUT2D eigenvalue weighted by Crippen LogP contribution is 2.36. The van der Waals surface area contributed by atoms with Gasteiger partial charge in [0, 0.05) is 12.5 Å². The van der Waals surface area contributed by atoms with Crippen LogP contribution in [0.15, 0.2) is 4.52 Å². The third-order valence-electron chi connectivity index (χ3n) is 5.16. The zero-order chi connectivity index (χ0) is 17.3. The smallest absolute Gasteiger partial charge is 0.325 e. The Morgan fingerprint density at radius 2 is 2.08 bits per heavy atom. The van der Waals surface area contributed by atoms with Crippen molar-refractivity contribution in [1.29, 1.82) is 0 Å². The summed E-state index contributed by atoms with van der Waals surface area (Å²) in [7, 11) is 1.86. The summed E-state index contributed by atoms with van der Waals surface area (Å²) in [5, 5.41) is 9.91. The Morgan fingerprint density at radius 3 is 2.72 bits per heavy atom. The molecule has 1 unspecified atom stereocenters. The second-order valence-electron chi connectivity index (χ2n) is 7.08. The summed E-state index contributed by atoms with van der Waals surface area (Å²) in [6.07, 6.45) is 3.93. The first-order valence-corrected chi connectivity index (χ1v) is 8.56. The number of carbonyl (C=O) groups excluding carboxylic acids is 2. The molecular formula is C16H26ClN5O3. The van der Waals surface area contributed by atoms with Crippen molar-refractivity contribution in [3.05, 3.63) is 11.7 Å². The lowest BCUT2D eigenvalue weighted by Gasteiger charge is -2.33. The molecule has 0 aromatic carbocycles. The summed E-state index contributed by atoms with van der Waals surface area (Å²) < 4.78 is 5.20. The highest BCUT2D eigenvalue weighted by Gasteiger charge is 2.52. The lowest BCUT2D eigenvalue weighted by atomic mass is 9.77. The van der Waals surface area contributed by atoms with Gasteiger partial charge in [-0.15, -0.1) is 12.4 Å². The maximum Gasteiger partial charge on any atom is 0.325 e. The largest absolute Gasteiger partial charge is 0.337 e. The van der Waals surface area contributed by atoms with Crippen LogP contribution < -0.4 is 10.6 Å². The van der Waals surface area contributed by atoms with Crippen LogP contribution in [-0.2, 0) is 17.8 Å². The molecule has 3 rings (SSSR count). The zero-order valence-corrected chi connectivity index (χ0v) is 15.7. The van der Waals surface area contributed by atoms with E-state index in [9.17, 15) is 9.59 Å². The summed E-state index contributed by atoms with van der Waals surface area (Å²) in [4.78, 5) is 30.5. The number of rotatable bonds is 5. The van der Waals surface area contributed by atoms with Crippen LogP contribution in [0.4, 0.5) is 4.79 Å². The molecule has 2 heterocycles. The van der Waals surface area contributed by atoms with Gasteiger partial charge < -0.3 is 15.2 Å². The van der Waals surface area contributed by atoms with Gasteiger partial charge in [0.15, 0.2) is 5.82 Å². The van der Waals surface area contributed by atoms with Crippen molar-refractivity contribution >= 4 is 24.3 Å². The molecule has 8 nitrogen and oxygen atoms in total. The van der Waals surface area contributed by atoms with Gasteiger partial charge in [-0.25, -0.2) is 4.79 Å². The lowest BCUT2D eigenvalue weighted by molar-refractivity contribution is -0.133. The number of aromatic nitrogens is 2. The fraction of sp³-hybridized carbons (Fsp3) is 0.750. The number of halogens is 1. The van der Waals surface area contributed by atoms with Gasteiger partial charge >= 0.3 is 6.03 Å². The van der Waals surface area contributed by atoms with Crippen LogP contribution in [-0.4, -0.2) is 45.6 Å². The van der Waals surface area contributed by atoms with Crippen molar-refractivity contribution < 1.29 is 14.1 Å². The molecule has 3 amide bonds. The Bertz CT molecular complexity index is 627. The quantitative estimate of drug-likeness (QED) is 0.763. The Hall–Kier alpha value is -1.67. The topological polar surface area (TPSA) is 100 Å². The molecule has 0 bridgehead atoms. The van der Waals surface area contributed by atoms with Crippen molar-refractivity contribution in [1.82, 2.24) is 25.7 Å². The molecule has 1 atom stereocenters. The molecule has 1 aromatic heterocycles. The van der Waals surface area contributed by atoms with E-state index < -0.39 is 5.54 Å². The van der Waals surface area contributed by atoms with Gasteiger partial charge in [-0.3, -0.25) is 9.69 Å². The normalized spacial score (nSPS) is 27.3. The molecule has 2 N–H and O–H groups in total. The molecular weight excluding hydrogens is 346 g/mol. The number of carbonyl (C=O) groups is 2. The number of imide groups is 1. The third kappa shape index (κ3) is 3.95.